The lowest BCUT2D eigenvalue weighted by molar-refractivity contribution is -0.132. The number of nitrogens with zero attached hydrogens (tertiary/aromatic N) is 1. The third-order valence-electron chi connectivity index (χ3n) is 4.07. The lowest BCUT2D eigenvalue weighted by atomic mass is 10.0. The van der Waals surface area contributed by atoms with E-state index in [4.69, 9.17) is 0 Å². The predicted octanol–water partition coefficient (Wildman–Crippen LogP) is 2.86. The Morgan fingerprint density at radius 1 is 1.26 bits per heavy atom. The number of benzene rings is 1. The fourth-order valence-electron chi connectivity index (χ4n) is 2.59. The van der Waals surface area contributed by atoms with E-state index in [1.54, 1.807) is 0 Å². The number of aryl methyl sites for hydroxylation is 1. The van der Waals surface area contributed by atoms with Gasteiger partial charge in [0.15, 0.2) is 0 Å². The average molecular weight is 260 g/mol. The summed E-state index contributed by atoms with van der Waals surface area (Å²) in [5.41, 5.74) is 2.40. The lowest BCUT2D eigenvalue weighted by Crippen LogP contribution is -2.41. The second-order valence-corrected chi connectivity index (χ2v) is 5.94. The van der Waals surface area contributed by atoms with Crippen LogP contribution in [0.25, 0.3) is 0 Å². The van der Waals surface area contributed by atoms with Gasteiger partial charge in [-0.3, -0.25) is 10.1 Å². The van der Waals surface area contributed by atoms with Gasteiger partial charge < -0.3 is 4.90 Å². The summed E-state index contributed by atoms with van der Waals surface area (Å²) in [6, 6.07) is 8.51. The molecule has 0 spiro atoms. The highest BCUT2D eigenvalue weighted by Crippen LogP contribution is 2.30. The third-order valence-corrected chi connectivity index (χ3v) is 4.07. The van der Waals surface area contributed by atoms with E-state index in [1.165, 1.54) is 11.1 Å². The summed E-state index contributed by atoms with van der Waals surface area (Å²) in [7, 11) is 0. The van der Waals surface area contributed by atoms with Gasteiger partial charge in [-0.2, -0.15) is 0 Å². The molecule has 1 aliphatic rings. The molecule has 0 aliphatic carbocycles. The Bertz CT molecular complexity index is 470. The molecule has 3 unspecified atom stereocenters. The van der Waals surface area contributed by atoms with Gasteiger partial charge in [-0.15, -0.1) is 0 Å². The van der Waals surface area contributed by atoms with Crippen LogP contribution in [0.2, 0.25) is 0 Å². The first-order chi connectivity index (χ1) is 8.91. The lowest BCUT2D eigenvalue weighted by Gasteiger charge is -2.33. The first kappa shape index (κ1) is 14.1. The number of nitrogens with one attached hydrogen (secondary N) is 1. The van der Waals surface area contributed by atoms with E-state index in [1.807, 2.05) is 11.8 Å². The minimum atomic E-state index is -0.105. The highest BCUT2D eigenvalue weighted by Gasteiger charge is 2.40. The quantitative estimate of drug-likeness (QED) is 0.906. The molecule has 3 nitrogen and oxygen atoms in total. The number of rotatable bonds is 3. The topological polar surface area (TPSA) is 32.3 Å². The fraction of sp³-hybridized carbons (Fsp3) is 0.562. The van der Waals surface area contributed by atoms with Crippen LogP contribution in [0.15, 0.2) is 24.3 Å². The summed E-state index contributed by atoms with van der Waals surface area (Å²) in [6.07, 6.45) is -0.000185. The van der Waals surface area contributed by atoms with Crippen molar-refractivity contribution in [2.24, 2.45) is 5.92 Å². The average Bonchev–Trinajstić information content (AvgIpc) is 2.65. The molecule has 1 amide bonds. The maximum absolute atomic E-state index is 12.4. The molecule has 1 N–H and O–H groups in total. The predicted molar refractivity (Wildman–Crippen MR) is 77.7 cm³/mol. The van der Waals surface area contributed by atoms with E-state index < -0.39 is 0 Å². The second kappa shape index (κ2) is 5.33. The van der Waals surface area contributed by atoms with Crippen LogP contribution in [0.3, 0.4) is 0 Å². The Kier molecular flexibility index (Phi) is 3.95. The number of hydrogen-bond acceptors (Lipinski definition) is 2. The van der Waals surface area contributed by atoms with Crippen LogP contribution in [-0.4, -0.2) is 22.9 Å². The monoisotopic (exact) mass is 260 g/mol. The molecule has 1 aromatic rings. The van der Waals surface area contributed by atoms with Crippen molar-refractivity contribution in [2.75, 3.05) is 0 Å². The van der Waals surface area contributed by atoms with Crippen LogP contribution in [-0.2, 0) is 4.79 Å². The van der Waals surface area contributed by atoms with Crippen molar-refractivity contribution in [2.45, 2.75) is 52.9 Å². The molecule has 104 valence electrons. The molecule has 19 heavy (non-hydrogen) atoms. The van der Waals surface area contributed by atoms with Crippen LogP contribution >= 0.6 is 0 Å². The van der Waals surface area contributed by atoms with E-state index in [0.29, 0.717) is 5.92 Å². The van der Waals surface area contributed by atoms with Crippen molar-refractivity contribution in [3.8, 4) is 0 Å². The maximum Gasteiger partial charge on any atom is 0.241 e. The molecule has 2 rings (SSSR count). The van der Waals surface area contributed by atoms with Crippen LogP contribution in [0.4, 0.5) is 0 Å². The van der Waals surface area contributed by atoms with Gasteiger partial charge in [-0.25, -0.2) is 0 Å². The second-order valence-electron chi connectivity index (χ2n) is 5.94. The van der Waals surface area contributed by atoms with Crippen LogP contribution in [0, 0.1) is 12.8 Å². The van der Waals surface area contributed by atoms with Gasteiger partial charge in [0.25, 0.3) is 0 Å². The van der Waals surface area contributed by atoms with Crippen molar-refractivity contribution >= 4 is 5.91 Å². The highest BCUT2D eigenvalue weighted by molar-refractivity contribution is 5.84. The molecule has 0 bridgehead atoms. The normalized spacial score (nSPS) is 25.2. The SMILES string of the molecule is Cc1cccc(C2NC(C)C(=O)N2C(C)C(C)C)c1. The van der Waals surface area contributed by atoms with Gasteiger partial charge in [0.05, 0.1) is 6.04 Å². The first-order valence-corrected chi connectivity index (χ1v) is 7.06. The Morgan fingerprint density at radius 3 is 2.53 bits per heavy atom. The number of amides is 1. The Hall–Kier alpha value is -1.35. The zero-order valence-electron chi connectivity index (χ0n) is 12.5. The molecule has 1 aliphatic heterocycles. The van der Waals surface area contributed by atoms with Crippen LogP contribution in [0.5, 0.6) is 0 Å². The number of carbonyl (C=O) groups excluding carboxylic acids is 1. The summed E-state index contributed by atoms with van der Waals surface area (Å²) in [5, 5.41) is 3.41. The minimum Gasteiger partial charge on any atom is -0.319 e. The van der Waals surface area contributed by atoms with Gasteiger partial charge in [-0.05, 0) is 32.3 Å². The molecular weight excluding hydrogens is 236 g/mol. The van der Waals surface area contributed by atoms with Crippen LogP contribution < -0.4 is 5.32 Å². The highest BCUT2D eigenvalue weighted by atomic mass is 16.2. The minimum absolute atomic E-state index is 0.000185. The van der Waals surface area contributed by atoms with Gasteiger partial charge >= 0.3 is 0 Å². The van der Waals surface area contributed by atoms with Crippen LogP contribution in [0.1, 0.15) is 45.0 Å². The smallest absolute Gasteiger partial charge is 0.241 e. The molecule has 3 atom stereocenters. The largest absolute Gasteiger partial charge is 0.319 e. The van der Waals surface area contributed by atoms with Crippen molar-refractivity contribution in [3.05, 3.63) is 35.4 Å². The summed E-state index contributed by atoms with van der Waals surface area (Å²) >= 11 is 0. The standard InChI is InChI=1S/C16H24N2O/c1-10(2)13(5)18-15(17-12(4)16(18)19)14-8-6-7-11(3)9-14/h6-10,12-13,15,17H,1-5H3. The molecule has 0 radical (unpaired) electrons. The third kappa shape index (κ3) is 2.66. The zero-order chi connectivity index (χ0) is 14.2. The Balaban J connectivity index is 2.35. The van der Waals surface area contributed by atoms with E-state index in [2.05, 4.69) is 57.3 Å². The molecule has 3 heteroatoms. The first-order valence-electron chi connectivity index (χ1n) is 7.06. The molecule has 1 heterocycles. The molecule has 0 saturated carbocycles. The van der Waals surface area contributed by atoms with Crippen molar-refractivity contribution in [3.63, 3.8) is 0 Å². The molecule has 1 saturated heterocycles. The molecule has 1 aromatic carbocycles. The summed E-state index contributed by atoms with van der Waals surface area (Å²) in [6.45, 7) is 10.5. The zero-order valence-corrected chi connectivity index (χ0v) is 12.5. The van der Waals surface area contributed by atoms with Gasteiger partial charge in [0.1, 0.15) is 6.17 Å². The summed E-state index contributed by atoms with van der Waals surface area (Å²) in [4.78, 5) is 14.4. The van der Waals surface area contributed by atoms with E-state index in [9.17, 15) is 4.79 Å². The molecule has 1 fully saturated rings. The number of carbonyl (C=O) groups is 1. The van der Waals surface area contributed by atoms with Gasteiger partial charge in [0.2, 0.25) is 5.91 Å². The van der Waals surface area contributed by atoms with E-state index >= 15 is 0 Å². The number of hydrogen-bond donors (Lipinski definition) is 1. The maximum atomic E-state index is 12.4. The van der Waals surface area contributed by atoms with Crippen molar-refractivity contribution in [1.29, 1.82) is 0 Å². The Morgan fingerprint density at radius 2 is 1.95 bits per heavy atom. The summed E-state index contributed by atoms with van der Waals surface area (Å²) in [5.74, 6) is 0.649. The molecule has 0 aromatic heterocycles. The van der Waals surface area contributed by atoms with Gasteiger partial charge in [0, 0.05) is 6.04 Å². The van der Waals surface area contributed by atoms with Crippen molar-refractivity contribution in [1.82, 2.24) is 10.2 Å². The summed E-state index contributed by atoms with van der Waals surface area (Å²) < 4.78 is 0. The fourth-order valence-corrected chi connectivity index (χ4v) is 2.59. The Labute approximate surface area is 116 Å². The van der Waals surface area contributed by atoms with Crippen molar-refractivity contribution < 1.29 is 4.79 Å². The van der Waals surface area contributed by atoms with E-state index in [0.717, 1.165) is 0 Å². The molecular formula is C16H24N2O. The van der Waals surface area contributed by atoms with E-state index in [-0.39, 0.29) is 24.2 Å². The van der Waals surface area contributed by atoms with Gasteiger partial charge in [-0.1, -0.05) is 43.7 Å².